The third-order valence-corrected chi connectivity index (χ3v) is 2.59. The second-order valence-corrected chi connectivity index (χ2v) is 4.54. The van der Waals surface area contributed by atoms with E-state index in [1.165, 1.54) is 0 Å². The van der Waals surface area contributed by atoms with E-state index in [1.807, 2.05) is 0 Å². The minimum atomic E-state index is -0.204. The van der Waals surface area contributed by atoms with Gasteiger partial charge in [0.15, 0.2) is 0 Å². The molecule has 0 spiro atoms. The van der Waals surface area contributed by atoms with Gasteiger partial charge in [0, 0.05) is 31.2 Å². The summed E-state index contributed by atoms with van der Waals surface area (Å²) in [5.41, 5.74) is 0. The Bertz CT molecular complexity index is 159. The van der Waals surface area contributed by atoms with Gasteiger partial charge >= 0.3 is 0 Å². The van der Waals surface area contributed by atoms with Gasteiger partial charge in [0.2, 0.25) is 0 Å². The summed E-state index contributed by atoms with van der Waals surface area (Å²) < 4.78 is 0. The van der Waals surface area contributed by atoms with E-state index in [1.54, 1.807) is 0 Å². The Morgan fingerprint density at radius 2 is 1.85 bits per heavy atom. The largest absolute Gasteiger partial charge is 0.390 e. The summed E-state index contributed by atoms with van der Waals surface area (Å²) >= 11 is 0. The summed E-state index contributed by atoms with van der Waals surface area (Å²) in [6.45, 7) is 10.4. The van der Waals surface area contributed by atoms with Crippen LogP contribution in [-0.4, -0.2) is 47.3 Å². The van der Waals surface area contributed by atoms with Crippen molar-refractivity contribution in [3.05, 3.63) is 0 Å². The number of aliphatic hydroxyl groups excluding tert-OH is 1. The molecule has 78 valence electrons. The smallest absolute Gasteiger partial charge is 0.0832 e. The summed E-state index contributed by atoms with van der Waals surface area (Å²) in [5, 5.41) is 13.1. The first-order chi connectivity index (χ1) is 6.00. The molecule has 1 aliphatic heterocycles. The maximum Gasteiger partial charge on any atom is 0.0832 e. The molecular weight excluding hydrogens is 164 g/mol. The molecule has 0 radical (unpaired) electrons. The maximum atomic E-state index is 9.75. The highest BCUT2D eigenvalue weighted by molar-refractivity contribution is 4.90. The van der Waals surface area contributed by atoms with Gasteiger partial charge in [0.1, 0.15) is 0 Å². The van der Waals surface area contributed by atoms with E-state index >= 15 is 0 Å². The van der Waals surface area contributed by atoms with Crippen LogP contribution in [0.25, 0.3) is 0 Å². The van der Waals surface area contributed by atoms with Crippen LogP contribution >= 0.6 is 0 Å². The third kappa shape index (κ3) is 2.93. The minimum Gasteiger partial charge on any atom is -0.390 e. The second-order valence-electron chi connectivity index (χ2n) is 4.54. The molecule has 0 unspecified atom stereocenters. The molecule has 1 rings (SSSR count). The zero-order valence-corrected chi connectivity index (χ0v) is 9.12. The van der Waals surface area contributed by atoms with E-state index in [4.69, 9.17) is 0 Å². The molecule has 1 fully saturated rings. The van der Waals surface area contributed by atoms with Gasteiger partial charge in [0.25, 0.3) is 0 Å². The van der Waals surface area contributed by atoms with Crippen LogP contribution in [0.4, 0.5) is 0 Å². The highest BCUT2D eigenvalue weighted by Crippen LogP contribution is 2.13. The number of nitrogens with zero attached hydrogens (tertiary/aromatic N) is 1. The van der Waals surface area contributed by atoms with Crippen LogP contribution in [0.5, 0.6) is 0 Å². The van der Waals surface area contributed by atoms with Crippen LogP contribution in [0.3, 0.4) is 0 Å². The number of nitrogens with one attached hydrogen (secondary N) is 1. The number of rotatable bonds is 3. The van der Waals surface area contributed by atoms with Crippen molar-refractivity contribution >= 4 is 0 Å². The lowest BCUT2D eigenvalue weighted by molar-refractivity contribution is 0.146. The quantitative estimate of drug-likeness (QED) is 0.671. The fourth-order valence-corrected chi connectivity index (χ4v) is 1.83. The standard InChI is InChI=1S/C10H22N2O/c1-7(2)11-9-5-12(8(3)4)6-10(9)13/h7-11,13H,5-6H2,1-4H3/t9-,10-/m1/s1. The average Bonchev–Trinajstić information content (AvgIpc) is 2.31. The number of hydrogen-bond acceptors (Lipinski definition) is 3. The monoisotopic (exact) mass is 186 g/mol. The van der Waals surface area contributed by atoms with Crippen LogP contribution in [-0.2, 0) is 0 Å². The predicted octanol–water partition coefficient (Wildman–Crippen LogP) is 0.438. The molecule has 0 saturated carbocycles. The highest BCUT2D eigenvalue weighted by Gasteiger charge is 2.32. The van der Waals surface area contributed by atoms with Gasteiger partial charge in [-0.15, -0.1) is 0 Å². The van der Waals surface area contributed by atoms with Gasteiger partial charge in [-0.25, -0.2) is 0 Å². The summed E-state index contributed by atoms with van der Waals surface area (Å²) in [6.07, 6.45) is -0.204. The Hall–Kier alpha value is -0.120. The molecule has 1 heterocycles. The van der Waals surface area contributed by atoms with Crippen LogP contribution in [0.2, 0.25) is 0 Å². The fourth-order valence-electron chi connectivity index (χ4n) is 1.83. The van der Waals surface area contributed by atoms with Crippen molar-refractivity contribution in [3.63, 3.8) is 0 Å². The molecule has 13 heavy (non-hydrogen) atoms. The molecule has 2 atom stereocenters. The number of aliphatic hydroxyl groups is 1. The topological polar surface area (TPSA) is 35.5 Å². The molecule has 0 amide bonds. The molecular formula is C10H22N2O. The molecule has 3 nitrogen and oxygen atoms in total. The molecule has 0 aliphatic carbocycles. The van der Waals surface area contributed by atoms with E-state index < -0.39 is 0 Å². The SMILES string of the molecule is CC(C)N[C@@H]1CN(C(C)C)C[C@H]1O. The van der Waals surface area contributed by atoms with Gasteiger partial charge in [-0.2, -0.15) is 0 Å². The number of likely N-dealkylation sites (tertiary alicyclic amines) is 1. The fraction of sp³-hybridized carbons (Fsp3) is 1.00. The third-order valence-electron chi connectivity index (χ3n) is 2.59. The molecule has 1 saturated heterocycles. The Morgan fingerprint density at radius 1 is 1.23 bits per heavy atom. The predicted molar refractivity (Wildman–Crippen MR) is 54.8 cm³/mol. The van der Waals surface area contributed by atoms with Crippen molar-refractivity contribution in [3.8, 4) is 0 Å². The summed E-state index contributed by atoms with van der Waals surface area (Å²) in [5.74, 6) is 0. The lowest BCUT2D eigenvalue weighted by Crippen LogP contribution is -2.43. The minimum absolute atomic E-state index is 0.204. The average molecular weight is 186 g/mol. The van der Waals surface area contributed by atoms with Crippen LogP contribution in [0.1, 0.15) is 27.7 Å². The van der Waals surface area contributed by atoms with E-state index in [0.717, 1.165) is 13.1 Å². The van der Waals surface area contributed by atoms with Crippen molar-refractivity contribution in [1.82, 2.24) is 10.2 Å². The summed E-state index contributed by atoms with van der Waals surface area (Å²) in [4.78, 5) is 2.31. The van der Waals surface area contributed by atoms with Crippen molar-refractivity contribution in [2.45, 2.75) is 51.9 Å². The first kappa shape index (κ1) is 11.0. The van der Waals surface area contributed by atoms with Gasteiger partial charge in [-0.05, 0) is 13.8 Å². The van der Waals surface area contributed by atoms with E-state index in [-0.39, 0.29) is 12.1 Å². The van der Waals surface area contributed by atoms with Crippen molar-refractivity contribution < 1.29 is 5.11 Å². The van der Waals surface area contributed by atoms with Crippen LogP contribution in [0.15, 0.2) is 0 Å². The van der Waals surface area contributed by atoms with E-state index in [0.29, 0.717) is 12.1 Å². The number of β-amino-alcohol motifs (C(OH)–C–C–N with tert-alkyl or cyclic N) is 1. The van der Waals surface area contributed by atoms with Gasteiger partial charge in [0.05, 0.1) is 6.10 Å². The lowest BCUT2D eigenvalue weighted by atomic mass is 10.2. The molecule has 0 aromatic heterocycles. The van der Waals surface area contributed by atoms with Gasteiger partial charge < -0.3 is 10.4 Å². The van der Waals surface area contributed by atoms with Gasteiger partial charge in [-0.3, -0.25) is 4.90 Å². The summed E-state index contributed by atoms with van der Waals surface area (Å²) in [6, 6.07) is 1.24. The van der Waals surface area contributed by atoms with E-state index in [2.05, 4.69) is 37.9 Å². The molecule has 3 heteroatoms. The Morgan fingerprint density at radius 3 is 2.23 bits per heavy atom. The van der Waals surface area contributed by atoms with Crippen molar-refractivity contribution in [2.24, 2.45) is 0 Å². The zero-order chi connectivity index (χ0) is 10.0. The highest BCUT2D eigenvalue weighted by atomic mass is 16.3. The molecule has 2 N–H and O–H groups in total. The molecule has 0 aromatic carbocycles. The Kier molecular flexibility index (Phi) is 3.71. The van der Waals surface area contributed by atoms with E-state index in [9.17, 15) is 5.11 Å². The zero-order valence-electron chi connectivity index (χ0n) is 9.12. The normalized spacial score (nSPS) is 30.7. The molecule has 1 aliphatic rings. The van der Waals surface area contributed by atoms with Crippen molar-refractivity contribution in [1.29, 1.82) is 0 Å². The first-order valence-electron chi connectivity index (χ1n) is 5.19. The lowest BCUT2D eigenvalue weighted by Gasteiger charge is -2.21. The van der Waals surface area contributed by atoms with Crippen molar-refractivity contribution in [2.75, 3.05) is 13.1 Å². The Balaban J connectivity index is 2.42. The van der Waals surface area contributed by atoms with Crippen LogP contribution < -0.4 is 5.32 Å². The molecule has 0 bridgehead atoms. The Labute approximate surface area is 81.1 Å². The number of hydrogen-bond donors (Lipinski definition) is 2. The molecule has 0 aromatic rings. The van der Waals surface area contributed by atoms with Crippen LogP contribution in [0, 0.1) is 0 Å². The summed E-state index contributed by atoms with van der Waals surface area (Å²) in [7, 11) is 0. The maximum absolute atomic E-state index is 9.75. The first-order valence-corrected chi connectivity index (χ1v) is 5.19. The van der Waals surface area contributed by atoms with Gasteiger partial charge in [-0.1, -0.05) is 13.8 Å². The second kappa shape index (κ2) is 4.40.